The Morgan fingerprint density at radius 1 is 0.680 bits per heavy atom. The van der Waals surface area contributed by atoms with Crippen molar-refractivity contribution in [3.63, 3.8) is 0 Å². The molecule has 0 unspecified atom stereocenters. The maximum absolute atomic E-state index is 12.4. The molecule has 0 spiro atoms. The molecule has 0 aliphatic heterocycles. The van der Waals surface area contributed by atoms with Gasteiger partial charge in [-0.25, -0.2) is 0 Å². The van der Waals surface area contributed by atoms with Crippen LogP contribution in [-0.4, -0.2) is 11.8 Å². The van der Waals surface area contributed by atoms with E-state index in [2.05, 4.69) is 26.6 Å². The zero-order valence-electron chi connectivity index (χ0n) is 13.2. The van der Waals surface area contributed by atoms with Crippen LogP contribution in [0.4, 0.5) is 11.4 Å². The molecule has 0 radical (unpaired) electrons. The van der Waals surface area contributed by atoms with Crippen LogP contribution in [0.5, 0.6) is 0 Å². The number of anilines is 2. The van der Waals surface area contributed by atoms with Gasteiger partial charge in [-0.2, -0.15) is 0 Å². The van der Waals surface area contributed by atoms with Gasteiger partial charge >= 0.3 is 0 Å². The molecule has 0 saturated heterocycles. The molecule has 0 heterocycles. The highest BCUT2D eigenvalue weighted by molar-refractivity contribution is 9.10. The van der Waals surface area contributed by atoms with Crippen LogP contribution in [-0.2, 0) is 0 Å². The second-order valence-electron chi connectivity index (χ2n) is 5.33. The van der Waals surface area contributed by atoms with Gasteiger partial charge in [0.25, 0.3) is 11.8 Å². The monoisotopic (exact) mass is 394 g/mol. The zero-order valence-corrected chi connectivity index (χ0v) is 14.8. The summed E-state index contributed by atoms with van der Waals surface area (Å²) in [6.07, 6.45) is 0. The van der Waals surface area contributed by atoms with Crippen molar-refractivity contribution in [3.05, 3.63) is 94.5 Å². The Kier molecular flexibility index (Phi) is 5.26. The summed E-state index contributed by atoms with van der Waals surface area (Å²) in [5, 5.41) is 5.63. The zero-order chi connectivity index (χ0) is 17.6. The molecule has 0 bridgehead atoms. The van der Waals surface area contributed by atoms with E-state index in [0.29, 0.717) is 22.5 Å². The molecule has 3 aromatic carbocycles. The highest BCUT2D eigenvalue weighted by Gasteiger charge is 2.12. The Hall–Kier alpha value is -2.92. The molecule has 0 saturated carbocycles. The van der Waals surface area contributed by atoms with Crippen molar-refractivity contribution in [2.75, 3.05) is 10.6 Å². The molecule has 0 aliphatic rings. The average Bonchev–Trinajstić information content (AvgIpc) is 2.64. The van der Waals surface area contributed by atoms with E-state index in [4.69, 9.17) is 0 Å². The van der Waals surface area contributed by atoms with Crippen LogP contribution in [0.3, 0.4) is 0 Å². The van der Waals surface area contributed by atoms with E-state index in [1.54, 1.807) is 42.5 Å². The first-order valence-corrected chi connectivity index (χ1v) is 8.45. The smallest absolute Gasteiger partial charge is 0.255 e. The summed E-state index contributed by atoms with van der Waals surface area (Å²) in [4.78, 5) is 24.8. The fourth-order valence-electron chi connectivity index (χ4n) is 2.28. The summed E-state index contributed by atoms with van der Waals surface area (Å²) in [5.74, 6) is -0.539. The van der Waals surface area contributed by atoms with Crippen LogP contribution in [0.15, 0.2) is 83.3 Å². The maximum Gasteiger partial charge on any atom is 0.255 e. The summed E-state index contributed by atoms with van der Waals surface area (Å²) >= 11 is 3.39. The van der Waals surface area contributed by atoms with Crippen LogP contribution in [0.25, 0.3) is 0 Å². The number of rotatable bonds is 4. The largest absolute Gasteiger partial charge is 0.322 e. The van der Waals surface area contributed by atoms with Gasteiger partial charge < -0.3 is 10.6 Å². The molecule has 0 atom stereocenters. The minimum absolute atomic E-state index is 0.262. The number of nitrogens with one attached hydrogen (secondary N) is 2. The summed E-state index contributed by atoms with van der Waals surface area (Å²) in [5.41, 5.74) is 2.21. The van der Waals surface area contributed by atoms with Gasteiger partial charge in [0.2, 0.25) is 0 Å². The molecule has 25 heavy (non-hydrogen) atoms. The first-order chi connectivity index (χ1) is 12.1. The van der Waals surface area contributed by atoms with Crippen LogP contribution in [0.1, 0.15) is 20.7 Å². The number of para-hydroxylation sites is 2. The maximum atomic E-state index is 12.4. The highest BCUT2D eigenvalue weighted by atomic mass is 79.9. The second-order valence-corrected chi connectivity index (χ2v) is 6.19. The van der Waals surface area contributed by atoms with Crippen LogP contribution in [0.2, 0.25) is 0 Å². The van der Waals surface area contributed by atoms with E-state index in [1.807, 2.05) is 36.4 Å². The molecule has 4 nitrogen and oxygen atoms in total. The van der Waals surface area contributed by atoms with Gasteiger partial charge in [-0.05, 0) is 58.4 Å². The Bertz CT molecular complexity index is 910. The molecule has 2 N–H and O–H groups in total. The lowest BCUT2D eigenvalue weighted by Crippen LogP contribution is -2.15. The van der Waals surface area contributed by atoms with Gasteiger partial charge in [0.1, 0.15) is 0 Å². The fourth-order valence-corrected chi connectivity index (χ4v) is 2.67. The molecule has 3 rings (SSSR count). The lowest BCUT2D eigenvalue weighted by Gasteiger charge is -2.09. The normalized spacial score (nSPS) is 10.1. The van der Waals surface area contributed by atoms with Crippen molar-refractivity contribution >= 4 is 39.1 Å². The lowest BCUT2D eigenvalue weighted by molar-refractivity contribution is 0.102. The van der Waals surface area contributed by atoms with Crippen molar-refractivity contribution < 1.29 is 9.59 Å². The number of carbonyl (C=O) groups excluding carboxylic acids is 2. The minimum atomic E-state index is -0.277. The van der Waals surface area contributed by atoms with E-state index in [9.17, 15) is 9.59 Å². The first-order valence-electron chi connectivity index (χ1n) is 7.66. The fraction of sp³-hybridized carbons (Fsp3) is 0. The van der Waals surface area contributed by atoms with E-state index in [-0.39, 0.29) is 11.8 Å². The standard InChI is InChI=1S/C20H15BrN2O2/c21-17-11-4-5-12-18(17)23-20(25)15-8-6-7-14(13-15)19(24)22-16-9-2-1-3-10-16/h1-13H,(H,22,24)(H,23,25). The second kappa shape index (κ2) is 7.77. The van der Waals surface area contributed by atoms with Crippen molar-refractivity contribution in [3.8, 4) is 0 Å². The van der Waals surface area contributed by atoms with Crippen molar-refractivity contribution in [1.29, 1.82) is 0 Å². The molecule has 0 fully saturated rings. The Morgan fingerprint density at radius 3 is 1.96 bits per heavy atom. The number of benzene rings is 3. The topological polar surface area (TPSA) is 58.2 Å². The van der Waals surface area contributed by atoms with Gasteiger partial charge in [-0.1, -0.05) is 36.4 Å². The number of hydrogen-bond acceptors (Lipinski definition) is 2. The van der Waals surface area contributed by atoms with E-state index in [0.717, 1.165) is 4.47 Å². The SMILES string of the molecule is O=C(Nc1ccccc1)c1cccc(C(=O)Nc2ccccc2Br)c1. The van der Waals surface area contributed by atoms with Crippen LogP contribution in [0, 0.1) is 0 Å². The number of halogens is 1. The predicted octanol–water partition coefficient (Wildman–Crippen LogP) is 4.95. The molecular weight excluding hydrogens is 380 g/mol. The van der Waals surface area contributed by atoms with E-state index < -0.39 is 0 Å². The molecule has 2 amide bonds. The third-order valence-electron chi connectivity index (χ3n) is 3.54. The predicted molar refractivity (Wildman–Crippen MR) is 103 cm³/mol. The first kappa shape index (κ1) is 16.9. The van der Waals surface area contributed by atoms with Crippen molar-refractivity contribution in [2.45, 2.75) is 0 Å². The van der Waals surface area contributed by atoms with Gasteiger partial charge in [0.15, 0.2) is 0 Å². The molecule has 5 heteroatoms. The van der Waals surface area contributed by atoms with E-state index >= 15 is 0 Å². The molecule has 3 aromatic rings. The van der Waals surface area contributed by atoms with Crippen LogP contribution >= 0.6 is 15.9 Å². The summed E-state index contributed by atoms with van der Waals surface area (Å²) < 4.78 is 0.793. The average molecular weight is 395 g/mol. The quantitative estimate of drug-likeness (QED) is 0.657. The third kappa shape index (κ3) is 4.33. The summed E-state index contributed by atoms with van der Waals surface area (Å²) in [7, 11) is 0. The molecule has 0 aromatic heterocycles. The number of hydrogen-bond donors (Lipinski definition) is 2. The van der Waals surface area contributed by atoms with Gasteiger partial charge in [-0.3, -0.25) is 9.59 Å². The van der Waals surface area contributed by atoms with Crippen molar-refractivity contribution in [2.24, 2.45) is 0 Å². The Labute approximate surface area is 154 Å². The number of amides is 2. The van der Waals surface area contributed by atoms with Gasteiger partial charge in [0.05, 0.1) is 5.69 Å². The van der Waals surface area contributed by atoms with Crippen LogP contribution < -0.4 is 10.6 Å². The summed E-state index contributed by atoms with van der Waals surface area (Å²) in [6.45, 7) is 0. The Morgan fingerprint density at radius 2 is 1.28 bits per heavy atom. The number of carbonyl (C=O) groups is 2. The van der Waals surface area contributed by atoms with Gasteiger partial charge in [-0.15, -0.1) is 0 Å². The third-order valence-corrected chi connectivity index (χ3v) is 4.23. The Balaban J connectivity index is 1.76. The minimum Gasteiger partial charge on any atom is -0.322 e. The van der Waals surface area contributed by atoms with Gasteiger partial charge in [0, 0.05) is 21.3 Å². The summed E-state index contributed by atoms with van der Waals surface area (Å²) in [6, 6.07) is 23.1. The molecular formula is C20H15BrN2O2. The lowest BCUT2D eigenvalue weighted by atomic mass is 10.1. The van der Waals surface area contributed by atoms with E-state index in [1.165, 1.54) is 0 Å². The van der Waals surface area contributed by atoms with Crippen molar-refractivity contribution in [1.82, 2.24) is 0 Å². The molecule has 124 valence electrons. The molecule has 0 aliphatic carbocycles. The highest BCUT2D eigenvalue weighted by Crippen LogP contribution is 2.22.